The molecule has 2 unspecified atom stereocenters. The number of aromatic nitrogens is 2. The second-order valence-corrected chi connectivity index (χ2v) is 7.85. The van der Waals surface area contributed by atoms with Crippen LogP contribution in [0.3, 0.4) is 0 Å². The Kier molecular flexibility index (Phi) is 5.58. The van der Waals surface area contributed by atoms with Crippen molar-refractivity contribution in [3.05, 3.63) is 47.5 Å². The summed E-state index contributed by atoms with van der Waals surface area (Å²) < 4.78 is 38.6. The predicted octanol–water partition coefficient (Wildman–Crippen LogP) is 1.10. The summed E-state index contributed by atoms with van der Waals surface area (Å²) in [5.41, 5.74) is 1.17. The van der Waals surface area contributed by atoms with E-state index in [9.17, 15) is 17.6 Å². The summed E-state index contributed by atoms with van der Waals surface area (Å²) >= 11 is 0. The van der Waals surface area contributed by atoms with Crippen molar-refractivity contribution in [2.45, 2.75) is 23.9 Å². The molecule has 0 aliphatic carbocycles. The van der Waals surface area contributed by atoms with Crippen molar-refractivity contribution in [2.24, 2.45) is 7.05 Å². The Morgan fingerprint density at radius 2 is 2.00 bits per heavy atom. The molecule has 2 atom stereocenters. The van der Waals surface area contributed by atoms with E-state index in [1.807, 2.05) is 0 Å². The normalized spacial score (nSPS) is 14.1. The van der Waals surface area contributed by atoms with Crippen molar-refractivity contribution >= 4 is 15.7 Å². The van der Waals surface area contributed by atoms with Gasteiger partial charge >= 0.3 is 0 Å². The second kappa shape index (κ2) is 7.32. The molecule has 1 aromatic carbocycles. The van der Waals surface area contributed by atoms with E-state index in [1.54, 1.807) is 38.1 Å². The topological polar surface area (TPSA) is 93.1 Å². The Hall–Kier alpha value is -2.26. The van der Waals surface area contributed by atoms with Crippen molar-refractivity contribution in [1.29, 1.82) is 0 Å². The Morgan fingerprint density at radius 3 is 2.48 bits per heavy atom. The van der Waals surface area contributed by atoms with Gasteiger partial charge in [0, 0.05) is 25.1 Å². The molecule has 1 amide bonds. The molecule has 0 saturated heterocycles. The van der Waals surface area contributed by atoms with Gasteiger partial charge in [0.25, 0.3) is 0 Å². The minimum absolute atomic E-state index is 0.296. The fraction of sp³-hybridized carbons (Fsp3) is 0.375. The Balaban J connectivity index is 2.17. The lowest BCUT2D eigenvalue weighted by molar-refractivity contribution is -0.123. The lowest BCUT2D eigenvalue weighted by Gasteiger charge is -2.20. The van der Waals surface area contributed by atoms with Crippen LogP contribution in [0.5, 0.6) is 0 Å². The van der Waals surface area contributed by atoms with Gasteiger partial charge < -0.3 is 10.6 Å². The zero-order valence-electron chi connectivity index (χ0n) is 14.4. The summed E-state index contributed by atoms with van der Waals surface area (Å²) in [6.45, 7) is 1.70. The molecule has 7 nitrogen and oxygen atoms in total. The fourth-order valence-corrected chi connectivity index (χ4v) is 3.23. The molecule has 1 heterocycles. The summed E-state index contributed by atoms with van der Waals surface area (Å²) in [6, 6.07) is 2.72. The number of hydrogen-bond donors (Lipinski definition) is 2. The van der Waals surface area contributed by atoms with Gasteiger partial charge in [0.15, 0.2) is 9.84 Å². The van der Waals surface area contributed by atoms with Gasteiger partial charge in [-0.2, -0.15) is 5.10 Å². The van der Waals surface area contributed by atoms with Crippen LogP contribution >= 0.6 is 0 Å². The number of halogens is 1. The van der Waals surface area contributed by atoms with Gasteiger partial charge in [0.05, 0.1) is 12.2 Å². The Morgan fingerprint density at radius 1 is 1.32 bits per heavy atom. The van der Waals surface area contributed by atoms with E-state index >= 15 is 0 Å². The smallest absolute Gasteiger partial charge is 0.242 e. The first-order chi connectivity index (χ1) is 11.6. The van der Waals surface area contributed by atoms with E-state index in [4.69, 9.17) is 0 Å². The number of rotatable bonds is 6. The van der Waals surface area contributed by atoms with Crippen LogP contribution in [0.1, 0.15) is 30.1 Å². The number of amides is 1. The molecule has 2 rings (SSSR count). The lowest BCUT2D eigenvalue weighted by Crippen LogP contribution is -2.37. The third kappa shape index (κ3) is 4.43. The van der Waals surface area contributed by atoms with Crippen LogP contribution in [0.4, 0.5) is 4.39 Å². The zero-order chi connectivity index (χ0) is 18.8. The van der Waals surface area contributed by atoms with Gasteiger partial charge in [-0.05, 0) is 31.7 Å². The SMILES string of the molecule is CNC(C(=O)NC(C)c1ccc(S(C)(=O)=O)c(F)c1)c1cnn(C)c1. The number of benzene rings is 1. The number of likely N-dealkylation sites (N-methyl/N-ethyl adjacent to an activating group) is 1. The highest BCUT2D eigenvalue weighted by atomic mass is 32.2. The third-order valence-electron chi connectivity index (χ3n) is 3.82. The van der Waals surface area contributed by atoms with Crippen molar-refractivity contribution in [1.82, 2.24) is 20.4 Å². The number of carbonyl (C=O) groups excluding carboxylic acids is 1. The Labute approximate surface area is 146 Å². The lowest BCUT2D eigenvalue weighted by atomic mass is 10.1. The summed E-state index contributed by atoms with van der Waals surface area (Å²) in [5, 5.41) is 9.74. The number of nitrogens with zero attached hydrogens (tertiary/aromatic N) is 2. The van der Waals surface area contributed by atoms with Crippen molar-refractivity contribution in [2.75, 3.05) is 13.3 Å². The molecular weight excluding hydrogens is 347 g/mol. The first kappa shape index (κ1) is 19.1. The maximum absolute atomic E-state index is 14.0. The average molecular weight is 368 g/mol. The molecular formula is C16H21FN4O3S. The molecule has 2 N–H and O–H groups in total. The molecule has 0 radical (unpaired) electrons. The molecule has 0 bridgehead atoms. The maximum Gasteiger partial charge on any atom is 0.242 e. The number of nitrogens with one attached hydrogen (secondary N) is 2. The third-order valence-corrected chi connectivity index (χ3v) is 4.95. The van der Waals surface area contributed by atoms with Gasteiger partial charge in [-0.15, -0.1) is 0 Å². The highest BCUT2D eigenvalue weighted by molar-refractivity contribution is 7.90. The number of aryl methyl sites for hydroxylation is 1. The van der Waals surface area contributed by atoms with Crippen molar-refractivity contribution < 1.29 is 17.6 Å². The highest BCUT2D eigenvalue weighted by Crippen LogP contribution is 2.21. The van der Waals surface area contributed by atoms with E-state index in [1.165, 1.54) is 12.1 Å². The summed E-state index contributed by atoms with van der Waals surface area (Å²) in [4.78, 5) is 12.1. The van der Waals surface area contributed by atoms with E-state index in [0.29, 0.717) is 11.1 Å². The monoisotopic (exact) mass is 368 g/mol. The molecule has 136 valence electrons. The van der Waals surface area contributed by atoms with Crippen LogP contribution in [0, 0.1) is 5.82 Å². The van der Waals surface area contributed by atoms with Crippen LogP contribution in [0.25, 0.3) is 0 Å². The van der Waals surface area contributed by atoms with Gasteiger partial charge in [-0.1, -0.05) is 6.07 Å². The molecule has 2 aromatic rings. The number of sulfone groups is 1. The van der Waals surface area contributed by atoms with Crippen LogP contribution in [-0.4, -0.2) is 37.4 Å². The van der Waals surface area contributed by atoms with Crippen LogP contribution < -0.4 is 10.6 Å². The van der Waals surface area contributed by atoms with Crippen LogP contribution in [0.2, 0.25) is 0 Å². The molecule has 1 aromatic heterocycles. The molecule has 0 saturated carbocycles. The van der Waals surface area contributed by atoms with E-state index in [-0.39, 0.29) is 10.8 Å². The molecule has 9 heteroatoms. The first-order valence-electron chi connectivity index (χ1n) is 7.59. The fourth-order valence-electron chi connectivity index (χ4n) is 2.51. The summed E-state index contributed by atoms with van der Waals surface area (Å²) in [7, 11) is -0.224. The molecule has 0 fully saturated rings. The van der Waals surface area contributed by atoms with Gasteiger partial charge in [-0.25, -0.2) is 12.8 Å². The quantitative estimate of drug-likeness (QED) is 0.796. The van der Waals surface area contributed by atoms with Crippen molar-refractivity contribution in [3.63, 3.8) is 0 Å². The van der Waals surface area contributed by atoms with Crippen LogP contribution in [-0.2, 0) is 21.7 Å². The first-order valence-corrected chi connectivity index (χ1v) is 9.48. The average Bonchev–Trinajstić information content (AvgIpc) is 2.92. The zero-order valence-corrected chi connectivity index (χ0v) is 15.3. The van der Waals surface area contributed by atoms with Gasteiger partial charge in [-0.3, -0.25) is 9.48 Å². The van der Waals surface area contributed by atoms with Crippen molar-refractivity contribution in [3.8, 4) is 0 Å². The maximum atomic E-state index is 14.0. The van der Waals surface area contributed by atoms with Crippen LogP contribution in [0.15, 0.2) is 35.5 Å². The number of hydrogen-bond acceptors (Lipinski definition) is 5. The largest absolute Gasteiger partial charge is 0.348 e. The molecule has 25 heavy (non-hydrogen) atoms. The van der Waals surface area contributed by atoms with Gasteiger partial charge in [0.2, 0.25) is 5.91 Å². The molecule has 0 aliphatic rings. The Bertz CT molecular complexity index is 879. The van der Waals surface area contributed by atoms with E-state index in [0.717, 1.165) is 12.3 Å². The highest BCUT2D eigenvalue weighted by Gasteiger charge is 2.23. The minimum atomic E-state index is -3.63. The minimum Gasteiger partial charge on any atom is -0.348 e. The second-order valence-electron chi connectivity index (χ2n) is 5.86. The predicted molar refractivity (Wildman–Crippen MR) is 91.1 cm³/mol. The van der Waals surface area contributed by atoms with Gasteiger partial charge in [0.1, 0.15) is 16.8 Å². The van der Waals surface area contributed by atoms with E-state index < -0.39 is 27.7 Å². The summed E-state index contributed by atoms with van der Waals surface area (Å²) in [6.07, 6.45) is 4.26. The standard InChI is InChI=1S/C16H21FN4O3S/c1-10(11-5-6-14(13(17)7-11)25(4,23)24)20-16(22)15(18-2)12-8-19-21(3)9-12/h5-10,15,18H,1-4H3,(H,20,22). The molecule has 0 spiro atoms. The van der Waals surface area contributed by atoms with E-state index in [2.05, 4.69) is 15.7 Å². The molecule has 0 aliphatic heterocycles. The number of carbonyl (C=O) groups is 1. The summed E-state index contributed by atoms with van der Waals surface area (Å²) in [5.74, 6) is -1.13.